The maximum absolute atomic E-state index is 3.62. The first-order valence-electron chi connectivity index (χ1n) is 7.99. The molecule has 0 fully saturated rings. The van der Waals surface area contributed by atoms with E-state index in [0.717, 1.165) is 12.5 Å². The Morgan fingerprint density at radius 2 is 1.95 bits per heavy atom. The van der Waals surface area contributed by atoms with Crippen LogP contribution in [-0.2, 0) is 6.42 Å². The molecule has 1 N–H and O–H groups in total. The van der Waals surface area contributed by atoms with Gasteiger partial charge in [0, 0.05) is 6.04 Å². The van der Waals surface area contributed by atoms with Gasteiger partial charge in [-0.05, 0) is 61.3 Å². The first-order valence-corrected chi connectivity index (χ1v) is 9.14. The molecular formula is C18H31NS. The van der Waals surface area contributed by atoms with Crippen molar-refractivity contribution in [2.75, 3.05) is 18.1 Å². The lowest BCUT2D eigenvalue weighted by Crippen LogP contribution is -2.30. The van der Waals surface area contributed by atoms with E-state index in [4.69, 9.17) is 0 Å². The van der Waals surface area contributed by atoms with Crippen LogP contribution in [-0.4, -0.2) is 24.1 Å². The Balaban J connectivity index is 2.50. The number of nitrogens with one attached hydrogen (secondary N) is 1. The quantitative estimate of drug-likeness (QED) is 0.628. The fourth-order valence-corrected chi connectivity index (χ4v) is 3.11. The lowest BCUT2D eigenvalue weighted by molar-refractivity contribution is 0.419. The molecule has 0 spiro atoms. The van der Waals surface area contributed by atoms with E-state index in [1.165, 1.54) is 41.9 Å². The van der Waals surface area contributed by atoms with E-state index in [1.807, 2.05) is 0 Å². The third-order valence-corrected chi connectivity index (χ3v) is 4.68. The molecule has 0 amide bonds. The zero-order chi connectivity index (χ0) is 14.8. The molecule has 0 aliphatic carbocycles. The predicted molar refractivity (Wildman–Crippen MR) is 93.7 cm³/mol. The fourth-order valence-electron chi connectivity index (χ4n) is 2.45. The largest absolute Gasteiger partial charge is 0.314 e. The highest BCUT2D eigenvalue weighted by Gasteiger charge is 2.11. The summed E-state index contributed by atoms with van der Waals surface area (Å²) in [5, 5.41) is 3.62. The molecule has 0 aliphatic heterocycles. The van der Waals surface area contributed by atoms with E-state index in [9.17, 15) is 0 Å². The summed E-state index contributed by atoms with van der Waals surface area (Å²) in [5.41, 5.74) is 2.95. The van der Waals surface area contributed by atoms with Crippen molar-refractivity contribution < 1.29 is 0 Å². The predicted octanol–water partition coefficient (Wildman–Crippen LogP) is 4.69. The summed E-state index contributed by atoms with van der Waals surface area (Å²) in [6.07, 6.45) is 3.89. The smallest absolute Gasteiger partial charge is 0.00104 e. The molecule has 1 atom stereocenters. The molecule has 0 saturated heterocycles. The molecule has 2 heteroatoms. The standard InChI is InChI=1S/C18H31NS/c1-5-20-12-8-10-17(14-19-15(2)3)13-18-11-7-6-9-16(18)4/h6-7,9,11,15,17,19H,5,8,10,12-14H2,1-4H3. The molecule has 0 radical (unpaired) electrons. The van der Waals surface area contributed by atoms with Crippen molar-refractivity contribution in [3.05, 3.63) is 35.4 Å². The van der Waals surface area contributed by atoms with Crippen LogP contribution in [0, 0.1) is 12.8 Å². The number of aryl methyl sites for hydroxylation is 1. The lowest BCUT2D eigenvalue weighted by Gasteiger charge is -2.20. The Labute approximate surface area is 129 Å². The van der Waals surface area contributed by atoms with Crippen molar-refractivity contribution in [2.45, 2.75) is 53.0 Å². The van der Waals surface area contributed by atoms with Crippen molar-refractivity contribution in [2.24, 2.45) is 5.92 Å². The third-order valence-electron chi connectivity index (χ3n) is 3.69. The van der Waals surface area contributed by atoms with Gasteiger partial charge in [-0.3, -0.25) is 0 Å². The first kappa shape index (κ1) is 17.6. The summed E-state index contributed by atoms with van der Waals surface area (Å²) in [5.74, 6) is 3.31. The van der Waals surface area contributed by atoms with Gasteiger partial charge in [-0.15, -0.1) is 0 Å². The van der Waals surface area contributed by atoms with E-state index in [0.29, 0.717) is 6.04 Å². The summed E-state index contributed by atoms with van der Waals surface area (Å²) in [4.78, 5) is 0. The molecule has 1 aromatic rings. The van der Waals surface area contributed by atoms with E-state index >= 15 is 0 Å². The van der Waals surface area contributed by atoms with Gasteiger partial charge >= 0.3 is 0 Å². The molecular weight excluding hydrogens is 262 g/mol. The monoisotopic (exact) mass is 293 g/mol. The van der Waals surface area contributed by atoms with Gasteiger partial charge in [-0.2, -0.15) is 11.8 Å². The maximum atomic E-state index is 3.62. The van der Waals surface area contributed by atoms with Gasteiger partial charge in [0.1, 0.15) is 0 Å². The SMILES string of the molecule is CCSCCCC(CNC(C)C)Cc1ccccc1C. The number of thioether (sulfide) groups is 1. The highest BCUT2D eigenvalue weighted by Crippen LogP contribution is 2.18. The summed E-state index contributed by atoms with van der Waals surface area (Å²) in [7, 11) is 0. The van der Waals surface area contributed by atoms with Crippen molar-refractivity contribution in [1.29, 1.82) is 0 Å². The van der Waals surface area contributed by atoms with E-state index in [1.54, 1.807) is 0 Å². The molecule has 0 saturated carbocycles. The molecule has 0 bridgehead atoms. The molecule has 0 aliphatic rings. The lowest BCUT2D eigenvalue weighted by atomic mass is 9.92. The van der Waals surface area contributed by atoms with E-state index in [2.05, 4.69) is 69.0 Å². The van der Waals surface area contributed by atoms with Gasteiger partial charge in [-0.25, -0.2) is 0 Å². The number of hydrogen-bond acceptors (Lipinski definition) is 2. The minimum atomic E-state index is 0.583. The molecule has 0 aromatic heterocycles. The van der Waals surface area contributed by atoms with Crippen LogP contribution >= 0.6 is 11.8 Å². The molecule has 0 heterocycles. The summed E-state index contributed by atoms with van der Waals surface area (Å²) >= 11 is 2.06. The van der Waals surface area contributed by atoms with Gasteiger partial charge in [0.25, 0.3) is 0 Å². The van der Waals surface area contributed by atoms with Crippen LogP contribution in [0.4, 0.5) is 0 Å². The van der Waals surface area contributed by atoms with Crippen LogP contribution in [0.25, 0.3) is 0 Å². The van der Waals surface area contributed by atoms with Gasteiger partial charge in [0.05, 0.1) is 0 Å². The molecule has 1 unspecified atom stereocenters. The van der Waals surface area contributed by atoms with Crippen molar-refractivity contribution >= 4 is 11.8 Å². The van der Waals surface area contributed by atoms with Gasteiger partial charge in [0.2, 0.25) is 0 Å². The summed E-state index contributed by atoms with van der Waals surface area (Å²) < 4.78 is 0. The Hall–Kier alpha value is -0.470. The van der Waals surface area contributed by atoms with E-state index < -0.39 is 0 Å². The highest BCUT2D eigenvalue weighted by atomic mass is 32.2. The Morgan fingerprint density at radius 3 is 2.60 bits per heavy atom. The average molecular weight is 294 g/mol. The zero-order valence-electron chi connectivity index (χ0n) is 13.6. The van der Waals surface area contributed by atoms with Gasteiger partial charge < -0.3 is 5.32 Å². The highest BCUT2D eigenvalue weighted by molar-refractivity contribution is 7.99. The normalized spacial score (nSPS) is 12.8. The molecule has 1 nitrogen and oxygen atoms in total. The van der Waals surface area contributed by atoms with Crippen LogP contribution in [0.1, 0.15) is 44.7 Å². The number of hydrogen-bond donors (Lipinski definition) is 1. The second-order valence-electron chi connectivity index (χ2n) is 5.90. The Morgan fingerprint density at radius 1 is 1.20 bits per heavy atom. The molecule has 114 valence electrons. The molecule has 1 rings (SSSR count). The van der Waals surface area contributed by atoms with Crippen LogP contribution in [0.2, 0.25) is 0 Å². The van der Waals surface area contributed by atoms with Crippen LogP contribution in [0.3, 0.4) is 0 Å². The topological polar surface area (TPSA) is 12.0 Å². The Bertz CT molecular complexity index is 362. The van der Waals surface area contributed by atoms with Gasteiger partial charge in [0.15, 0.2) is 0 Å². The second kappa shape index (κ2) is 10.3. The summed E-state index contributed by atoms with van der Waals surface area (Å²) in [6.45, 7) is 10.1. The first-order chi connectivity index (χ1) is 9.63. The van der Waals surface area contributed by atoms with Crippen LogP contribution in [0.15, 0.2) is 24.3 Å². The van der Waals surface area contributed by atoms with Crippen molar-refractivity contribution in [1.82, 2.24) is 5.32 Å². The minimum absolute atomic E-state index is 0.583. The van der Waals surface area contributed by atoms with Crippen molar-refractivity contribution in [3.63, 3.8) is 0 Å². The number of benzene rings is 1. The van der Waals surface area contributed by atoms with Crippen molar-refractivity contribution in [3.8, 4) is 0 Å². The average Bonchev–Trinajstić information content (AvgIpc) is 2.42. The summed E-state index contributed by atoms with van der Waals surface area (Å²) in [6, 6.07) is 9.41. The molecule has 20 heavy (non-hydrogen) atoms. The third kappa shape index (κ3) is 7.35. The van der Waals surface area contributed by atoms with Gasteiger partial charge in [-0.1, -0.05) is 45.0 Å². The van der Waals surface area contributed by atoms with Crippen LogP contribution in [0.5, 0.6) is 0 Å². The second-order valence-corrected chi connectivity index (χ2v) is 7.29. The maximum Gasteiger partial charge on any atom is 0.00104 e. The van der Waals surface area contributed by atoms with Crippen LogP contribution < -0.4 is 5.32 Å². The van der Waals surface area contributed by atoms with E-state index in [-0.39, 0.29) is 0 Å². The molecule has 1 aromatic carbocycles. The Kier molecular flexibility index (Phi) is 9.04. The minimum Gasteiger partial charge on any atom is -0.314 e. The fraction of sp³-hybridized carbons (Fsp3) is 0.667. The number of rotatable bonds is 10. The zero-order valence-corrected chi connectivity index (χ0v) is 14.4.